The van der Waals surface area contributed by atoms with Gasteiger partial charge in [-0.05, 0) is 32.7 Å². The van der Waals surface area contributed by atoms with Gasteiger partial charge in [0.1, 0.15) is 0 Å². The second kappa shape index (κ2) is 6.41. The Labute approximate surface area is 89.3 Å². The molecule has 0 aromatic carbocycles. The van der Waals surface area contributed by atoms with Gasteiger partial charge in [-0.1, -0.05) is 13.8 Å². The summed E-state index contributed by atoms with van der Waals surface area (Å²) in [7, 11) is 2.22. The first-order chi connectivity index (χ1) is 6.77. The summed E-state index contributed by atoms with van der Waals surface area (Å²) in [6.07, 6.45) is 6.21. The van der Waals surface area contributed by atoms with Crippen LogP contribution in [0.4, 0.5) is 0 Å². The lowest BCUT2D eigenvalue weighted by molar-refractivity contribution is 0.104. The molecule has 1 radical (unpaired) electrons. The standard InChI is InChI=1S/C12H25N2/c1-4-6-7-12(5-2)14-10-8-13(3)9-11-14/h4,12H,5-11H2,1-3H3/t12-/m1/s1. The third kappa shape index (κ3) is 3.58. The Morgan fingerprint density at radius 2 is 1.86 bits per heavy atom. The maximum Gasteiger partial charge on any atom is 0.0113 e. The molecule has 14 heavy (non-hydrogen) atoms. The van der Waals surface area contributed by atoms with E-state index in [0.29, 0.717) is 0 Å². The maximum absolute atomic E-state index is 2.67. The molecule has 0 amide bonds. The second-order valence-electron chi connectivity index (χ2n) is 4.39. The Morgan fingerprint density at radius 3 is 2.36 bits per heavy atom. The molecule has 0 bridgehead atoms. The molecule has 1 fully saturated rings. The lowest BCUT2D eigenvalue weighted by Gasteiger charge is -2.37. The average Bonchev–Trinajstić information content (AvgIpc) is 2.21. The smallest absolute Gasteiger partial charge is 0.0113 e. The zero-order chi connectivity index (χ0) is 10.4. The Bertz CT molecular complexity index is 137. The van der Waals surface area contributed by atoms with Crippen LogP contribution in [0.3, 0.4) is 0 Å². The van der Waals surface area contributed by atoms with Crippen LogP contribution in [0.5, 0.6) is 0 Å². The molecule has 1 atom stereocenters. The van der Waals surface area contributed by atoms with Gasteiger partial charge in [-0.15, -0.1) is 0 Å². The molecule has 0 unspecified atom stereocenters. The van der Waals surface area contributed by atoms with Gasteiger partial charge in [-0.2, -0.15) is 0 Å². The van der Waals surface area contributed by atoms with E-state index in [2.05, 4.69) is 37.1 Å². The van der Waals surface area contributed by atoms with Crippen LogP contribution in [0.15, 0.2) is 0 Å². The molecule has 2 nitrogen and oxygen atoms in total. The van der Waals surface area contributed by atoms with Crippen molar-refractivity contribution in [3.8, 4) is 0 Å². The maximum atomic E-state index is 2.67. The first kappa shape index (κ1) is 12.0. The Kier molecular flexibility index (Phi) is 5.49. The van der Waals surface area contributed by atoms with Gasteiger partial charge in [0.25, 0.3) is 0 Å². The number of hydrogen-bond acceptors (Lipinski definition) is 2. The van der Waals surface area contributed by atoms with Gasteiger partial charge in [-0.25, -0.2) is 0 Å². The van der Waals surface area contributed by atoms with Crippen LogP contribution in [0.2, 0.25) is 0 Å². The Morgan fingerprint density at radius 1 is 1.21 bits per heavy atom. The SMILES string of the molecule is C[CH]CC[C@@H](CC)N1CCN(C)CC1. The van der Waals surface area contributed by atoms with Gasteiger partial charge in [0.15, 0.2) is 0 Å². The summed E-state index contributed by atoms with van der Waals surface area (Å²) in [5.74, 6) is 0. The van der Waals surface area contributed by atoms with Crippen molar-refractivity contribution in [1.29, 1.82) is 0 Å². The summed E-state index contributed by atoms with van der Waals surface area (Å²) in [5, 5.41) is 0. The van der Waals surface area contributed by atoms with Crippen molar-refractivity contribution < 1.29 is 0 Å². The summed E-state index contributed by atoms with van der Waals surface area (Å²) in [4.78, 5) is 5.10. The molecule has 1 saturated heterocycles. The number of nitrogens with zero attached hydrogens (tertiary/aromatic N) is 2. The van der Waals surface area contributed by atoms with Crippen LogP contribution in [0.1, 0.15) is 33.1 Å². The molecule has 0 aliphatic carbocycles. The van der Waals surface area contributed by atoms with Gasteiger partial charge < -0.3 is 4.90 Å². The van der Waals surface area contributed by atoms with E-state index in [1.165, 1.54) is 45.4 Å². The second-order valence-corrected chi connectivity index (χ2v) is 4.39. The van der Waals surface area contributed by atoms with E-state index in [1.54, 1.807) is 0 Å². The fourth-order valence-corrected chi connectivity index (χ4v) is 2.19. The quantitative estimate of drug-likeness (QED) is 0.665. The minimum absolute atomic E-state index is 0.819. The molecule has 83 valence electrons. The third-order valence-corrected chi connectivity index (χ3v) is 3.31. The number of likely N-dealkylation sites (N-methyl/N-ethyl adjacent to an activating group) is 1. The molecule has 2 heteroatoms. The summed E-state index contributed by atoms with van der Waals surface area (Å²) >= 11 is 0. The van der Waals surface area contributed by atoms with Crippen molar-refractivity contribution in [3.63, 3.8) is 0 Å². The van der Waals surface area contributed by atoms with Crippen LogP contribution in [0.25, 0.3) is 0 Å². The zero-order valence-electron chi connectivity index (χ0n) is 10.00. The van der Waals surface area contributed by atoms with Crippen molar-refractivity contribution in [2.45, 2.75) is 39.2 Å². The molecule has 0 N–H and O–H groups in total. The van der Waals surface area contributed by atoms with Crippen molar-refractivity contribution in [1.82, 2.24) is 9.80 Å². The Balaban J connectivity index is 2.29. The molecule has 1 aliphatic heterocycles. The third-order valence-electron chi connectivity index (χ3n) is 3.31. The lowest BCUT2D eigenvalue weighted by atomic mass is 10.0. The van der Waals surface area contributed by atoms with E-state index in [0.717, 1.165) is 6.04 Å². The highest BCUT2D eigenvalue weighted by atomic mass is 15.3. The average molecular weight is 197 g/mol. The van der Waals surface area contributed by atoms with Gasteiger partial charge in [0, 0.05) is 32.2 Å². The normalized spacial score (nSPS) is 22.5. The van der Waals surface area contributed by atoms with Gasteiger partial charge in [-0.3, -0.25) is 4.90 Å². The van der Waals surface area contributed by atoms with Crippen molar-refractivity contribution in [3.05, 3.63) is 6.42 Å². The van der Waals surface area contributed by atoms with E-state index in [9.17, 15) is 0 Å². The van der Waals surface area contributed by atoms with E-state index in [1.807, 2.05) is 0 Å². The molecule has 0 aromatic heterocycles. The van der Waals surface area contributed by atoms with Gasteiger partial charge in [0.05, 0.1) is 0 Å². The molecule has 1 heterocycles. The summed E-state index contributed by atoms with van der Waals surface area (Å²) < 4.78 is 0. The molecular formula is C12H25N2. The van der Waals surface area contributed by atoms with Crippen LogP contribution < -0.4 is 0 Å². The zero-order valence-corrected chi connectivity index (χ0v) is 10.00. The molecule has 1 aliphatic rings. The van der Waals surface area contributed by atoms with Crippen molar-refractivity contribution >= 4 is 0 Å². The predicted octanol–water partition coefficient (Wildman–Crippen LogP) is 2.02. The van der Waals surface area contributed by atoms with Crippen molar-refractivity contribution in [2.75, 3.05) is 33.2 Å². The van der Waals surface area contributed by atoms with E-state index >= 15 is 0 Å². The molecule has 1 rings (SSSR count). The first-order valence-corrected chi connectivity index (χ1v) is 5.98. The monoisotopic (exact) mass is 197 g/mol. The van der Waals surface area contributed by atoms with Gasteiger partial charge >= 0.3 is 0 Å². The van der Waals surface area contributed by atoms with E-state index in [4.69, 9.17) is 0 Å². The number of piperazine rings is 1. The molecular weight excluding hydrogens is 172 g/mol. The summed E-state index contributed by atoms with van der Waals surface area (Å²) in [6, 6.07) is 0.819. The minimum Gasteiger partial charge on any atom is -0.304 e. The van der Waals surface area contributed by atoms with Crippen molar-refractivity contribution in [2.24, 2.45) is 0 Å². The molecule has 0 saturated carbocycles. The first-order valence-electron chi connectivity index (χ1n) is 5.98. The molecule has 0 aromatic rings. The highest BCUT2D eigenvalue weighted by Gasteiger charge is 2.20. The van der Waals surface area contributed by atoms with E-state index < -0.39 is 0 Å². The summed E-state index contributed by atoms with van der Waals surface area (Å²) in [6.45, 7) is 9.49. The number of unbranched alkanes of at least 4 members (excludes halogenated alkanes) is 1. The fourth-order valence-electron chi connectivity index (χ4n) is 2.19. The summed E-state index contributed by atoms with van der Waals surface area (Å²) in [5.41, 5.74) is 0. The molecule has 0 spiro atoms. The van der Waals surface area contributed by atoms with E-state index in [-0.39, 0.29) is 0 Å². The topological polar surface area (TPSA) is 6.48 Å². The fraction of sp³-hybridized carbons (Fsp3) is 0.917. The van der Waals surface area contributed by atoms with Crippen LogP contribution in [-0.2, 0) is 0 Å². The highest BCUT2D eigenvalue weighted by Crippen LogP contribution is 2.14. The van der Waals surface area contributed by atoms with Crippen LogP contribution >= 0.6 is 0 Å². The highest BCUT2D eigenvalue weighted by molar-refractivity contribution is 4.77. The number of rotatable bonds is 5. The number of hydrogen-bond donors (Lipinski definition) is 0. The predicted molar refractivity (Wildman–Crippen MR) is 62.4 cm³/mol. The minimum atomic E-state index is 0.819. The largest absolute Gasteiger partial charge is 0.304 e. The van der Waals surface area contributed by atoms with Crippen LogP contribution in [-0.4, -0.2) is 49.1 Å². The lowest BCUT2D eigenvalue weighted by Crippen LogP contribution is -2.48. The van der Waals surface area contributed by atoms with Crippen LogP contribution in [0, 0.1) is 6.42 Å². The Hall–Kier alpha value is -0.0800. The van der Waals surface area contributed by atoms with Gasteiger partial charge in [0.2, 0.25) is 0 Å².